The number of hydrogen-bond acceptors (Lipinski definition) is 3. The number of ether oxygens (including phenoxy) is 1. The van der Waals surface area contributed by atoms with Gasteiger partial charge in [-0.15, -0.1) is 0 Å². The molecule has 2 N–H and O–H groups in total. The Morgan fingerprint density at radius 3 is 1.77 bits per heavy atom. The van der Waals surface area contributed by atoms with Gasteiger partial charge in [0.15, 0.2) is 5.76 Å². The van der Waals surface area contributed by atoms with Crippen LogP contribution in [0, 0.1) is 0 Å². The van der Waals surface area contributed by atoms with E-state index in [-0.39, 0.29) is 0 Å². The maximum absolute atomic E-state index is 9.35. The van der Waals surface area contributed by atoms with Gasteiger partial charge in [-0.05, 0) is 18.7 Å². The van der Waals surface area contributed by atoms with Gasteiger partial charge in [0.1, 0.15) is 11.5 Å². The van der Waals surface area contributed by atoms with Crippen LogP contribution in [0.2, 0.25) is 0 Å². The third-order valence-electron chi connectivity index (χ3n) is 1.29. The number of hydrogen-bond donors (Lipinski definition) is 2. The summed E-state index contributed by atoms with van der Waals surface area (Å²) in [5, 5.41) is 15.5. The predicted octanol–water partition coefficient (Wildman–Crippen LogP) is 1.94. The normalized spacial score (nSPS) is 9.85. The van der Waals surface area contributed by atoms with Gasteiger partial charge in [0.2, 0.25) is 0 Å². The van der Waals surface area contributed by atoms with Gasteiger partial charge in [0.05, 0.1) is 0 Å². The van der Waals surface area contributed by atoms with Crippen molar-refractivity contribution in [3.8, 4) is 11.5 Å². The number of carbonyl (C=O) groups is 1. The fourth-order valence-electron chi connectivity index (χ4n) is 0.679. The predicted molar refractivity (Wildman–Crippen MR) is 45.9 cm³/mol. The molecule has 2 aliphatic rings. The summed E-state index contributed by atoms with van der Waals surface area (Å²) in [6.07, 6.45) is 0. The maximum Gasteiger partial charge on any atom is 0.370 e. The highest BCUT2D eigenvalue weighted by atomic mass is 16.5. The second kappa shape index (κ2) is 3.62. The van der Waals surface area contributed by atoms with E-state index >= 15 is 0 Å². The van der Waals surface area contributed by atoms with E-state index in [4.69, 9.17) is 14.9 Å². The highest BCUT2D eigenvalue weighted by molar-refractivity contribution is 5.82. The second-order valence-corrected chi connectivity index (χ2v) is 2.33. The zero-order chi connectivity index (χ0) is 9.84. The van der Waals surface area contributed by atoms with Crippen LogP contribution < -0.4 is 4.74 Å². The van der Waals surface area contributed by atoms with Crippen LogP contribution in [0.3, 0.4) is 0 Å². The van der Waals surface area contributed by atoms with Gasteiger partial charge in [0, 0.05) is 6.07 Å². The Morgan fingerprint density at radius 2 is 1.69 bits per heavy atom. The van der Waals surface area contributed by atoms with E-state index in [0.717, 1.165) is 11.5 Å². The van der Waals surface area contributed by atoms with Gasteiger partial charge in [-0.1, -0.05) is 6.07 Å². The van der Waals surface area contributed by atoms with E-state index in [1.807, 2.05) is 24.3 Å². The van der Waals surface area contributed by atoms with Crippen molar-refractivity contribution >= 4 is 5.97 Å². The maximum atomic E-state index is 9.35. The Balaban J connectivity index is 0.000000133. The number of benzene rings is 1. The van der Waals surface area contributed by atoms with E-state index < -0.39 is 11.7 Å². The standard InChI is InChI=1S/C6H4O.C3H4O3/c1-2-5-4-6(3-1)7-5;1-2(4)3(5)6/h1-4H;4H,1H2,(H,5,6). The van der Waals surface area contributed by atoms with Crippen LogP contribution in [-0.2, 0) is 4.79 Å². The lowest BCUT2D eigenvalue weighted by atomic mass is 10.2. The topological polar surface area (TPSA) is 66.8 Å². The summed E-state index contributed by atoms with van der Waals surface area (Å²) >= 11 is 0. The molecule has 2 heterocycles. The molecule has 0 aliphatic carbocycles. The summed E-state index contributed by atoms with van der Waals surface area (Å²) in [7, 11) is 0. The quantitative estimate of drug-likeness (QED) is 0.519. The molecule has 0 radical (unpaired) electrons. The van der Waals surface area contributed by atoms with Gasteiger partial charge >= 0.3 is 5.97 Å². The van der Waals surface area contributed by atoms with Gasteiger partial charge in [-0.3, -0.25) is 0 Å². The first-order valence-electron chi connectivity index (χ1n) is 3.48. The number of fused-ring (bicyclic) bond motifs is 2. The van der Waals surface area contributed by atoms with Crippen molar-refractivity contribution in [2.75, 3.05) is 0 Å². The third kappa shape index (κ3) is 2.52. The third-order valence-corrected chi connectivity index (χ3v) is 1.29. The Kier molecular flexibility index (Phi) is 2.54. The molecule has 1 aromatic rings. The van der Waals surface area contributed by atoms with E-state index in [1.165, 1.54) is 0 Å². The molecule has 0 atom stereocenters. The molecule has 4 nitrogen and oxygen atoms in total. The molecule has 0 aromatic heterocycles. The number of aliphatic hydroxyl groups excluding tert-OH is 1. The van der Waals surface area contributed by atoms with Crippen LogP contribution in [0.1, 0.15) is 0 Å². The molecular formula is C9H8O4. The molecule has 2 bridgehead atoms. The van der Waals surface area contributed by atoms with Crippen molar-refractivity contribution in [1.82, 2.24) is 0 Å². The molecule has 13 heavy (non-hydrogen) atoms. The van der Waals surface area contributed by atoms with Gasteiger partial charge in [-0.25, -0.2) is 4.79 Å². The lowest BCUT2D eigenvalue weighted by Crippen LogP contribution is -1.95. The Labute approximate surface area is 74.7 Å². The van der Waals surface area contributed by atoms with Gasteiger partial charge < -0.3 is 14.9 Å². The lowest BCUT2D eigenvalue weighted by Gasteiger charge is -2.13. The van der Waals surface area contributed by atoms with E-state index in [1.54, 1.807) is 0 Å². The van der Waals surface area contributed by atoms with Gasteiger partial charge in [-0.2, -0.15) is 0 Å². The van der Waals surface area contributed by atoms with E-state index in [2.05, 4.69) is 6.58 Å². The summed E-state index contributed by atoms with van der Waals surface area (Å²) in [6.45, 7) is 2.71. The molecule has 3 rings (SSSR count). The molecule has 0 amide bonds. The van der Waals surface area contributed by atoms with Crippen molar-refractivity contribution in [2.24, 2.45) is 0 Å². The average Bonchev–Trinajstić information content (AvgIpc) is 2.05. The van der Waals surface area contributed by atoms with Crippen molar-refractivity contribution in [3.63, 3.8) is 0 Å². The molecule has 0 saturated carbocycles. The zero-order valence-corrected chi connectivity index (χ0v) is 6.73. The number of aliphatic carboxylic acids is 1. The van der Waals surface area contributed by atoms with Crippen LogP contribution in [0.25, 0.3) is 0 Å². The summed E-state index contributed by atoms with van der Waals surface area (Å²) in [6, 6.07) is 7.86. The number of carboxylic acid groups (broad SMARTS) is 1. The minimum Gasteiger partial charge on any atom is -0.502 e. The van der Waals surface area contributed by atoms with Crippen LogP contribution in [0.15, 0.2) is 36.6 Å². The van der Waals surface area contributed by atoms with Crippen LogP contribution in [0.4, 0.5) is 0 Å². The SMILES string of the molecule is C=C(O)C(=O)O.c1cc2cc(c1)O2. The first kappa shape index (κ1) is 9.12. The molecule has 1 aromatic carbocycles. The Morgan fingerprint density at radius 1 is 1.31 bits per heavy atom. The molecule has 0 unspecified atom stereocenters. The van der Waals surface area contributed by atoms with E-state index in [0.29, 0.717) is 0 Å². The number of rotatable bonds is 1. The summed E-state index contributed by atoms with van der Waals surface area (Å²) in [5.41, 5.74) is 0. The summed E-state index contributed by atoms with van der Waals surface area (Å²) < 4.78 is 5.01. The highest BCUT2D eigenvalue weighted by Gasteiger charge is 2.05. The average molecular weight is 180 g/mol. The minimum absolute atomic E-state index is 0.824. The lowest BCUT2D eigenvalue weighted by molar-refractivity contribution is -0.135. The van der Waals surface area contributed by atoms with E-state index in [9.17, 15) is 4.79 Å². The van der Waals surface area contributed by atoms with Crippen LogP contribution >= 0.6 is 0 Å². The first-order valence-corrected chi connectivity index (χ1v) is 3.48. The number of carboxylic acids is 1. The molecule has 0 fully saturated rings. The zero-order valence-electron chi connectivity index (χ0n) is 6.73. The fraction of sp³-hybridized carbons (Fsp3) is 0. The summed E-state index contributed by atoms with van der Waals surface area (Å²) in [4.78, 5) is 9.35. The Hall–Kier alpha value is -1.97. The molecular weight excluding hydrogens is 172 g/mol. The molecule has 0 saturated heterocycles. The second-order valence-electron chi connectivity index (χ2n) is 2.33. The molecule has 68 valence electrons. The highest BCUT2D eigenvalue weighted by Crippen LogP contribution is 2.32. The Bertz CT molecular complexity index is 306. The summed E-state index contributed by atoms with van der Waals surface area (Å²) in [5.74, 6) is -0.236. The monoisotopic (exact) mass is 180 g/mol. The van der Waals surface area contributed by atoms with Crippen LogP contribution in [-0.4, -0.2) is 16.2 Å². The van der Waals surface area contributed by atoms with Crippen molar-refractivity contribution in [1.29, 1.82) is 0 Å². The fourth-order valence-corrected chi connectivity index (χ4v) is 0.679. The number of aliphatic hydroxyl groups is 1. The van der Waals surface area contributed by atoms with Crippen molar-refractivity contribution < 1.29 is 19.7 Å². The molecule has 4 heteroatoms. The minimum atomic E-state index is -1.38. The molecule has 0 spiro atoms. The van der Waals surface area contributed by atoms with Crippen molar-refractivity contribution in [3.05, 3.63) is 36.6 Å². The smallest absolute Gasteiger partial charge is 0.370 e. The first-order chi connectivity index (χ1) is 6.09. The van der Waals surface area contributed by atoms with Gasteiger partial charge in [0.25, 0.3) is 0 Å². The molecule has 2 aliphatic heterocycles. The van der Waals surface area contributed by atoms with Crippen LogP contribution in [0.5, 0.6) is 11.5 Å². The van der Waals surface area contributed by atoms with Crippen molar-refractivity contribution in [2.45, 2.75) is 0 Å². The largest absolute Gasteiger partial charge is 0.502 e.